The molecule has 1 heterocycles. The first-order valence-corrected chi connectivity index (χ1v) is 8.73. The van der Waals surface area contributed by atoms with Crippen LogP contribution in [0.3, 0.4) is 0 Å². The Hall–Kier alpha value is -1.74. The Balaban J connectivity index is 2.22. The lowest BCUT2D eigenvalue weighted by atomic mass is 9.76. The number of terminal acetylenes is 2. The predicted octanol–water partition coefficient (Wildman–Crippen LogP) is 3.78. The van der Waals surface area contributed by atoms with Gasteiger partial charge in [0.05, 0.1) is 13.1 Å². The second-order valence-corrected chi connectivity index (χ2v) is 8.07. The van der Waals surface area contributed by atoms with Crippen LogP contribution in [0.5, 0.6) is 0 Å². The highest BCUT2D eigenvalue weighted by atomic mass is 15.3. The topological polar surface area (TPSA) is 6.48 Å². The molecule has 0 spiro atoms. The molecule has 0 bridgehead atoms. The molecule has 0 saturated carbocycles. The quantitative estimate of drug-likeness (QED) is 0.761. The van der Waals surface area contributed by atoms with E-state index in [1.807, 2.05) is 0 Å². The zero-order valence-electron chi connectivity index (χ0n) is 15.5. The number of nitrogens with zero attached hydrogens (tertiary/aromatic N) is 2. The zero-order chi connectivity index (χ0) is 17.8. The largest absolute Gasteiger partial charge is 0.285 e. The molecule has 2 rings (SSSR count). The molecular formula is C22H30N2. The van der Waals surface area contributed by atoms with Gasteiger partial charge in [-0.25, -0.2) is 0 Å². The van der Waals surface area contributed by atoms with Crippen molar-refractivity contribution in [3.8, 4) is 24.7 Å². The van der Waals surface area contributed by atoms with Gasteiger partial charge >= 0.3 is 0 Å². The van der Waals surface area contributed by atoms with Crippen LogP contribution in [0.15, 0.2) is 30.3 Å². The monoisotopic (exact) mass is 322 g/mol. The Morgan fingerprint density at radius 2 is 1.62 bits per heavy atom. The zero-order valence-corrected chi connectivity index (χ0v) is 15.5. The third-order valence-corrected chi connectivity index (χ3v) is 5.22. The number of rotatable bonds is 5. The fourth-order valence-electron chi connectivity index (χ4n) is 4.29. The van der Waals surface area contributed by atoms with Crippen LogP contribution in [-0.4, -0.2) is 40.0 Å². The van der Waals surface area contributed by atoms with E-state index in [1.165, 1.54) is 5.56 Å². The Morgan fingerprint density at radius 1 is 1.04 bits per heavy atom. The summed E-state index contributed by atoms with van der Waals surface area (Å²) in [6.45, 7) is 11.5. The summed E-state index contributed by atoms with van der Waals surface area (Å²) < 4.78 is 0. The molecule has 2 nitrogen and oxygen atoms in total. The van der Waals surface area contributed by atoms with Gasteiger partial charge in [0.1, 0.15) is 0 Å². The maximum absolute atomic E-state index is 5.67. The fourth-order valence-corrected chi connectivity index (χ4v) is 4.29. The first-order chi connectivity index (χ1) is 11.3. The Kier molecular flexibility index (Phi) is 5.76. The van der Waals surface area contributed by atoms with Crippen LogP contribution in [0.4, 0.5) is 0 Å². The third-order valence-electron chi connectivity index (χ3n) is 5.22. The molecule has 0 aromatic heterocycles. The summed E-state index contributed by atoms with van der Waals surface area (Å²) in [4.78, 5) is 4.92. The highest BCUT2D eigenvalue weighted by Gasteiger charge is 2.46. The summed E-state index contributed by atoms with van der Waals surface area (Å²) in [6, 6.07) is 11.0. The molecule has 0 amide bonds. The van der Waals surface area contributed by atoms with Crippen molar-refractivity contribution in [2.24, 2.45) is 0 Å². The third kappa shape index (κ3) is 4.21. The van der Waals surface area contributed by atoms with Gasteiger partial charge in [-0.2, -0.15) is 0 Å². The Morgan fingerprint density at radius 3 is 2.12 bits per heavy atom. The van der Waals surface area contributed by atoms with E-state index in [0.29, 0.717) is 19.1 Å². The fraction of sp³-hybridized carbons (Fsp3) is 0.545. The summed E-state index contributed by atoms with van der Waals surface area (Å²) in [7, 11) is 0. The molecule has 0 N–H and O–H groups in total. The second-order valence-electron chi connectivity index (χ2n) is 8.07. The predicted molar refractivity (Wildman–Crippen MR) is 102 cm³/mol. The number of hydrogen-bond donors (Lipinski definition) is 0. The molecule has 0 atom stereocenters. The molecule has 1 aliphatic rings. The summed E-state index contributed by atoms with van der Waals surface area (Å²) in [5.41, 5.74) is 1.43. The highest BCUT2D eigenvalue weighted by molar-refractivity contribution is 5.16. The van der Waals surface area contributed by atoms with Crippen molar-refractivity contribution in [1.29, 1.82) is 0 Å². The van der Waals surface area contributed by atoms with Gasteiger partial charge in [0.2, 0.25) is 0 Å². The summed E-state index contributed by atoms with van der Waals surface area (Å²) >= 11 is 0. The van der Waals surface area contributed by atoms with Crippen LogP contribution >= 0.6 is 0 Å². The van der Waals surface area contributed by atoms with Gasteiger partial charge in [-0.15, -0.1) is 12.8 Å². The standard InChI is InChI=1S/C22H30N2/c1-7-14-23(18-19-12-10-9-11-13-19)20-16-21(3,4)24(15-8-2)22(5,6)17-20/h1-2,9-13,20H,14-18H2,3-6H3. The van der Waals surface area contributed by atoms with Gasteiger partial charge in [0.25, 0.3) is 0 Å². The van der Waals surface area contributed by atoms with Crippen LogP contribution in [0.2, 0.25) is 0 Å². The first kappa shape index (κ1) is 18.6. The van der Waals surface area contributed by atoms with Crippen molar-refractivity contribution < 1.29 is 0 Å². The van der Waals surface area contributed by atoms with Gasteiger partial charge in [-0.1, -0.05) is 42.2 Å². The summed E-state index contributed by atoms with van der Waals surface area (Å²) in [6.07, 6.45) is 13.4. The van der Waals surface area contributed by atoms with E-state index in [-0.39, 0.29) is 11.1 Å². The van der Waals surface area contributed by atoms with Crippen LogP contribution in [-0.2, 0) is 6.54 Å². The molecule has 24 heavy (non-hydrogen) atoms. The molecule has 1 aromatic rings. The lowest BCUT2D eigenvalue weighted by Gasteiger charge is -2.56. The Bertz CT molecular complexity index is 598. The minimum absolute atomic E-state index is 0.0579. The molecule has 0 aliphatic carbocycles. The number of hydrogen-bond acceptors (Lipinski definition) is 2. The molecule has 1 saturated heterocycles. The molecule has 2 heteroatoms. The van der Waals surface area contributed by atoms with Gasteiger partial charge < -0.3 is 0 Å². The van der Waals surface area contributed by atoms with Crippen LogP contribution < -0.4 is 0 Å². The molecular weight excluding hydrogens is 292 g/mol. The molecule has 0 radical (unpaired) electrons. The SMILES string of the molecule is C#CCN(Cc1ccccc1)C1CC(C)(C)N(CC#C)C(C)(C)C1. The molecule has 1 aliphatic heterocycles. The lowest BCUT2D eigenvalue weighted by molar-refractivity contribution is -0.0558. The van der Waals surface area contributed by atoms with E-state index < -0.39 is 0 Å². The van der Waals surface area contributed by atoms with Crippen molar-refractivity contribution in [3.05, 3.63) is 35.9 Å². The van der Waals surface area contributed by atoms with Gasteiger partial charge in [-0.05, 0) is 46.1 Å². The van der Waals surface area contributed by atoms with Gasteiger partial charge in [-0.3, -0.25) is 9.80 Å². The second kappa shape index (κ2) is 7.43. The maximum atomic E-state index is 5.67. The summed E-state index contributed by atoms with van der Waals surface area (Å²) in [5, 5.41) is 0. The van der Waals surface area contributed by atoms with E-state index >= 15 is 0 Å². The van der Waals surface area contributed by atoms with E-state index in [1.54, 1.807) is 0 Å². The van der Waals surface area contributed by atoms with Crippen molar-refractivity contribution in [2.75, 3.05) is 13.1 Å². The highest BCUT2D eigenvalue weighted by Crippen LogP contribution is 2.40. The average molecular weight is 322 g/mol. The smallest absolute Gasteiger partial charge is 0.0608 e. The average Bonchev–Trinajstić information content (AvgIpc) is 2.51. The lowest BCUT2D eigenvalue weighted by Crippen LogP contribution is -2.64. The maximum Gasteiger partial charge on any atom is 0.0608 e. The van der Waals surface area contributed by atoms with E-state index in [4.69, 9.17) is 12.8 Å². The number of piperidine rings is 1. The van der Waals surface area contributed by atoms with E-state index in [2.05, 4.69) is 79.7 Å². The number of benzene rings is 1. The molecule has 1 fully saturated rings. The molecule has 1 aromatic carbocycles. The Labute approximate surface area is 148 Å². The van der Waals surface area contributed by atoms with Crippen molar-refractivity contribution in [3.63, 3.8) is 0 Å². The normalized spacial score (nSPS) is 20.5. The van der Waals surface area contributed by atoms with E-state index in [9.17, 15) is 0 Å². The van der Waals surface area contributed by atoms with Gasteiger partial charge in [0, 0.05) is 23.7 Å². The van der Waals surface area contributed by atoms with Crippen molar-refractivity contribution in [1.82, 2.24) is 9.80 Å². The van der Waals surface area contributed by atoms with Gasteiger partial charge in [0.15, 0.2) is 0 Å². The summed E-state index contributed by atoms with van der Waals surface area (Å²) in [5.74, 6) is 5.69. The van der Waals surface area contributed by atoms with Crippen LogP contribution in [0.25, 0.3) is 0 Å². The molecule has 128 valence electrons. The number of likely N-dealkylation sites (tertiary alicyclic amines) is 1. The van der Waals surface area contributed by atoms with Crippen molar-refractivity contribution >= 4 is 0 Å². The first-order valence-electron chi connectivity index (χ1n) is 8.73. The van der Waals surface area contributed by atoms with Crippen molar-refractivity contribution in [2.45, 2.75) is 64.2 Å². The van der Waals surface area contributed by atoms with Crippen LogP contribution in [0, 0.1) is 24.7 Å². The minimum Gasteiger partial charge on any atom is -0.285 e. The minimum atomic E-state index is 0.0579. The van der Waals surface area contributed by atoms with Crippen LogP contribution in [0.1, 0.15) is 46.1 Å². The van der Waals surface area contributed by atoms with E-state index in [0.717, 1.165) is 19.4 Å². The molecule has 0 unspecified atom stereocenters.